The average Bonchev–Trinajstić information content (AvgIpc) is 3.72. The van der Waals surface area contributed by atoms with Crippen molar-refractivity contribution in [3.63, 3.8) is 0 Å². The second kappa shape index (κ2) is 12.8. The number of hydrogen-bond acceptors (Lipinski definition) is 4. The van der Waals surface area contributed by atoms with E-state index in [4.69, 9.17) is 0 Å². The minimum atomic E-state index is -3.41. The molecule has 1 amide bonds. The first-order chi connectivity index (χ1) is 23.0. The van der Waals surface area contributed by atoms with E-state index in [0.717, 1.165) is 44.5 Å². The minimum Gasteiger partial charge on any atom is -0.346 e. The molecule has 1 saturated carbocycles. The molecule has 0 radical (unpaired) electrons. The van der Waals surface area contributed by atoms with E-state index < -0.39 is 76.7 Å². The number of halogens is 6. The van der Waals surface area contributed by atoms with Gasteiger partial charge in [-0.25, -0.2) is 26.1 Å². The molecule has 3 aliphatic rings. The van der Waals surface area contributed by atoms with Crippen LogP contribution in [0.2, 0.25) is 0 Å². The Morgan fingerprint density at radius 1 is 1.00 bits per heavy atom. The minimum absolute atomic E-state index is 0.0848. The summed E-state index contributed by atoms with van der Waals surface area (Å²) in [5.41, 5.74) is 0.119. The van der Waals surface area contributed by atoms with Crippen molar-refractivity contribution < 1.29 is 35.3 Å². The summed E-state index contributed by atoms with van der Waals surface area (Å²) in [4.78, 5) is 18.6. The van der Waals surface area contributed by atoms with E-state index in [1.54, 1.807) is 36.4 Å². The molecule has 0 bridgehead atoms. The van der Waals surface area contributed by atoms with Gasteiger partial charge in [-0.2, -0.15) is 13.9 Å². The van der Waals surface area contributed by atoms with Crippen LogP contribution in [0.25, 0.3) is 11.1 Å². The molecule has 48 heavy (non-hydrogen) atoms. The van der Waals surface area contributed by atoms with Crippen LogP contribution in [-0.2, 0) is 34.7 Å². The lowest BCUT2D eigenvalue weighted by molar-refractivity contribution is -0.123. The number of amides is 1. The molecule has 7 nitrogen and oxygen atoms in total. The van der Waals surface area contributed by atoms with Crippen molar-refractivity contribution in [2.75, 3.05) is 13.1 Å². The number of carbonyl (C=O) groups excluding carboxylic acids is 1. The van der Waals surface area contributed by atoms with Gasteiger partial charge in [0.05, 0.1) is 16.6 Å². The maximum atomic E-state index is 15.1. The number of fused-ring (bicyclic) bond motifs is 3. The highest BCUT2D eigenvalue weighted by Crippen LogP contribution is 2.68. The summed E-state index contributed by atoms with van der Waals surface area (Å²) in [7, 11) is -1.33. The first-order valence-electron chi connectivity index (χ1n) is 15.7. The summed E-state index contributed by atoms with van der Waals surface area (Å²) in [6, 6.07) is 12.3. The lowest BCUT2D eigenvalue weighted by Crippen LogP contribution is -2.35. The standard InChI is InChI=1S/C34H31F6N5O2S/c35-21-13-19(14-22(36)16-21)15-27(42-28(46)18-45-32-29(31(43-45)33(37)38)25-17-26(25)34(32,39)40)30-24(5-4-10-41-30)20-6-8-23(9-7-20)48(47)44-11-2-1-3-12-44/h4-10,13-14,16,25-27,33H,1-3,11-12,15,17-18H2,(H,42,46)/t25-,26?,27-,48?/m0/s1. The van der Waals surface area contributed by atoms with Gasteiger partial charge in [0.2, 0.25) is 5.91 Å². The van der Waals surface area contributed by atoms with E-state index in [0.29, 0.717) is 32.5 Å². The zero-order valence-electron chi connectivity index (χ0n) is 25.5. The number of pyridine rings is 1. The highest BCUT2D eigenvalue weighted by Gasteiger charge is 2.67. The predicted octanol–water partition coefficient (Wildman–Crippen LogP) is 6.98. The first kappa shape index (κ1) is 32.5. The molecule has 4 atom stereocenters. The van der Waals surface area contributed by atoms with Crippen molar-refractivity contribution in [2.45, 2.75) is 67.9 Å². The molecule has 2 fully saturated rings. The average molecular weight is 688 g/mol. The smallest absolute Gasteiger partial charge is 0.293 e. The summed E-state index contributed by atoms with van der Waals surface area (Å²) in [5, 5.41) is 6.47. The van der Waals surface area contributed by atoms with Crippen LogP contribution in [0, 0.1) is 17.6 Å². The molecule has 2 unspecified atom stereocenters. The number of nitrogens with one attached hydrogen (secondary N) is 1. The fraction of sp³-hybridized carbons (Fsp3) is 0.382. The predicted molar refractivity (Wildman–Crippen MR) is 164 cm³/mol. The van der Waals surface area contributed by atoms with Crippen molar-refractivity contribution in [1.82, 2.24) is 24.4 Å². The monoisotopic (exact) mass is 687 g/mol. The Hall–Kier alpha value is -4.04. The number of alkyl halides is 4. The third-order valence-corrected chi connectivity index (χ3v) is 10.8. The van der Waals surface area contributed by atoms with Gasteiger partial charge in [0, 0.05) is 42.4 Å². The Bertz CT molecular complexity index is 1860. The molecule has 252 valence electrons. The zero-order valence-corrected chi connectivity index (χ0v) is 26.3. The Labute approximate surface area is 274 Å². The molecule has 2 aromatic carbocycles. The van der Waals surface area contributed by atoms with Crippen molar-refractivity contribution in [1.29, 1.82) is 0 Å². The second-order valence-corrected chi connectivity index (χ2v) is 14.0. The van der Waals surface area contributed by atoms with Crippen molar-refractivity contribution in [3.8, 4) is 11.1 Å². The Balaban J connectivity index is 1.19. The number of benzene rings is 2. The number of nitrogens with zero attached hydrogens (tertiary/aromatic N) is 4. The molecule has 1 saturated heterocycles. The molecular weight excluding hydrogens is 656 g/mol. The lowest BCUT2D eigenvalue weighted by Gasteiger charge is -2.25. The van der Waals surface area contributed by atoms with Gasteiger partial charge < -0.3 is 5.32 Å². The van der Waals surface area contributed by atoms with Crippen LogP contribution < -0.4 is 5.32 Å². The van der Waals surface area contributed by atoms with Gasteiger partial charge in [0.1, 0.15) is 40.6 Å². The molecule has 1 N–H and O–H groups in total. The fourth-order valence-electron chi connectivity index (χ4n) is 7.00. The Morgan fingerprint density at radius 2 is 1.71 bits per heavy atom. The number of piperidine rings is 1. The molecule has 2 aliphatic carbocycles. The van der Waals surface area contributed by atoms with Crippen LogP contribution in [-0.4, -0.2) is 42.3 Å². The highest BCUT2D eigenvalue weighted by atomic mass is 32.2. The van der Waals surface area contributed by atoms with Gasteiger partial charge in [0.15, 0.2) is 0 Å². The quantitative estimate of drug-likeness (QED) is 0.183. The molecule has 0 spiro atoms. The van der Waals surface area contributed by atoms with Gasteiger partial charge >= 0.3 is 0 Å². The largest absolute Gasteiger partial charge is 0.346 e. The molecule has 2 aromatic heterocycles. The van der Waals surface area contributed by atoms with Gasteiger partial charge in [-0.3, -0.25) is 14.5 Å². The topological polar surface area (TPSA) is 80.1 Å². The van der Waals surface area contributed by atoms with Crippen LogP contribution >= 0.6 is 0 Å². The normalized spacial score (nSPS) is 21.1. The van der Waals surface area contributed by atoms with Crippen molar-refractivity contribution in [2.24, 2.45) is 5.92 Å². The van der Waals surface area contributed by atoms with Gasteiger partial charge in [0.25, 0.3) is 12.3 Å². The molecule has 4 aromatic rings. The summed E-state index contributed by atoms with van der Waals surface area (Å²) in [6.45, 7) is 0.705. The van der Waals surface area contributed by atoms with E-state index in [2.05, 4.69) is 15.4 Å². The highest BCUT2D eigenvalue weighted by molar-refractivity contribution is 7.82. The van der Waals surface area contributed by atoms with Crippen LogP contribution in [0.15, 0.2) is 65.7 Å². The van der Waals surface area contributed by atoms with Gasteiger partial charge in [-0.05, 0) is 73.1 Å². The molecule has 7 rings (SSSR count). The first-order valence-corrected chi connectivity index (χ1v) is 16.9. The fourth-order valence-corrected chi connectivity index (χ4v) is 8.26. The summed E-state index contributed by atoms with van der Waals surface area (Å²) in [6.07, 6.45) is 1.39. The summed E-state index contributed by atoms with van der Waals surface area (Å²) < 4.78 is 102. The van der Waals surface area contributed by atoms with Crippen molar-refractivity contribution in [3.05, 3.63) is 101 Å². The van der Waals surface area contributed by atoms with E-state index in [9.17, 15) is 26.6 Å². The third kappa shape index (κ3) is 6.15. The maximum absolute atomic E-state index is 15.1. The maximum Gasteiger partial charge on any atom is 0.293 e. The SMILES string of the molecule is O=C(Cn1nc(C(F)F)c2c1C(F)(F)C1C[C@H]21)N[C@@H](Cc1cc(F)cc(F)c1)c1ncccc1-c1ccc(S(=O)N2CCCCC2)cc1. The third-order valence-electron chi connectivity index (χ3n) is 9.24. The van der Waals surface area contributed by atoms with E-state index in [1.165, 1.54) is 6.20 Å². The van der Waals surface area contributed by atoms with E-state index >= 15 is 8.78 Å². The number of carbonyl (C=O) groups is 1. The Kier molecular flexibility index (Phi) is 8.65. The number of hydrogen-bond donors (Lipinski definition) is 1. The number of rotatable bonds is 10. The van der Waals surface area contributed by atoms with Crippen LogP contribution in [0.3, 0.4) is 0 Å². The number of aromatic nitrogens is 3. The van der Waals surface area contributed by atoms with Crippen LogP contribution in [0.4, 0.5) is 26.3 Å². The molecule has 3 heterocycles. The lowest BCUT2D eigenvalue weighted by atomic mass is 9.95. The van der Waals surface area contributed by atoms with E-state index in [1.807, 2.05) is 4.31 Å². The van der Waals surface area contributed by atoms with Crippen LogP contribution in [0.5, 0.6) is 0 Å². The Morgan fingerprint density at radius 3 is 2.40 bits per heavy atom. The zero-order chi connectivity index (χ0) is 33.7. The summed E-state index contributed by atoms with van der Waals surface area (Å²) in [5.74, 6) is -7.71. The second-order valence-electron chi connectivity index (χ2n) is 12.5. The van der Waals surface area contributed by atoms with Gasteiger partial charge in [-0.15, -0.1) is 0 Å². The molecular formula is C34H31F6N5O2S. The van der Waals surface area contributed by atoms with Gasteiger partial charge in [-0.1, -0.05) is 24.6 Å². The molecule has 14 heteroatoms. The summed E-state index contributed by atoms with van der Waals surface area (Å²) >= 11 is 0. The van der Waals surface area contributed by atoms with Crippen LogP contribution in [0.1, 0.15) is 72.3 Å². The molecule has 1 aliphatic heterocycles. The van der Waals surface area contributed by atoms with Crippen molar-refractivity contribution >= 4 is 16.9 Å². The van der Waals surface area contributed by atoms with E-state index in [-0.39, 0.29) is 24.0 Å².